The van der Waals surface area contributed by atoms with E-state index < -0.39 is 4.92 Å². The Bertz CT molecular complexity index is 1130. The highest BCUT2D eigenvalue weighted by Crippen LogP contribution is 2.30. The second kappa shape index (κ2) is 7.01. The van der Waals surface area contributed by atoms with Crippen LogP contribution >= 0.6 is 11.6 Å². The van der Waals surface area contributed by atoms with E-state index in [2.05, 4.69) is 15.3 Å². The summed E-state index contributed by atoms with van der Waals surface area (Å²) in [4.78, 5) is 19.9. The molecule has 27 heavy (non-hydrogen) atoms. The van der Waals surface area contributed by atoms with Gasteiger partial charge >= 0.3 is 0 Å². The second-order valence-corrected chi connectivity index (χ2v) is 6.29. The highest BCUT2D eigenvalue weighted by Gasteiger charge is 2.14. The molecule has 0 atom stereocenters. The topological polar surface area (TPSA) is 81.0 Å². The molecule has 6 nitrogen and oxygen atoms in total. The highest BCUT2D eigenvalue weighted by molar-refractivity contribution is 6.30. The normalized spacial score (nSPS) is 10.7. The molecular formula is C20H13ClN4O2. The minimum Gasteiger partial charge on any atom is -0.324 e. The number of hydrogen-bond donors (Lipinski definition) is 1. The van der Waals surface area contributed by atoms with Gasteiger partial charge in [0.1, 0.15) is 0 Å². The molecule has 132 valence electrons. The van der Waals surface area contributed by atoms with Crippen LogP contribution in [-0.2, 0) is 0 Å². The molecule has 4 rings (SSSR count). The zero-order valence-corrected chi connectivity index (χ0v) is 14.7. The van der Waals surface area contributed by atoms with Gasteiger partial charge in [-0.1, -0.05) is 41.9 Å². The van der Waals surface area contributed by atoms with Gasteiger partial charge in [0.05, 0.1) is 16.1 Å². The predicted molar refractivity (Wildman–Crippen MR) is 106 cm³/mol. The Kier molecular flexibility index (Phi) is 4.40. The van der Waals surface area contributed by atoms with Crippen molar-refractivity contribution in [1.29, 1.82) is 0 Å². The van der Waals surface area contributed by atoms with Gasteiger partial charge in [-0.15, -0.1) is 0 Å². The fourth-order valence-electron chi connectivity index (χ4n) is 2.76. The summed E-state index contributed by atoms with van der Waals surface area (Å²) in [6, 6.07) is 21.3. The Hall–Kier alpha value is -3.51. The van der Waals surface area contributed by atoms with Crippen LogP contribution in [-0.4, -0.2) is 14.9 Å². The minimum atomic E-state index is -0.423. The Morgan fingerprint density at radius 3 is 2.37 bits per heavy atom. The number of aromatic nitrogens is 2. The van der Waals surface area contributed by atoms with Gasteiger partial charge in [0.2, 0.25) is 5.95 Å². The first kappa shape index (κ1) is 16.9. The van der Waals surface area contributed by atoms with Crippen LogP contribution in [0.2, 0.25) is 5.02 Å². The lowest BCUT2D eigenvalue weighted by molar-refractivity contribution is -0.384. The molecule has 0 saturated heterocycles. The zero-order chi connectivity index (χ0) is 18.8. The number of halogens is 1. The van der Waals surface area contributed by atoms with Crippen molar-refractivity contribution in [2.75, 3.05) is 5.32 Å². The zero-order valence-electron chi connectivity index (χ0n) is 14.0. The molecule has 3 aromatic carbocycles. The van der Waals surface area contributed by atoms with Gasteiger partial charge in [-0.3, -0.25) is 10.1 Å². The van der Waals surface area contributed by atoms with Crippen LogP contribution in [0.25, 0.3) is 22.2 Å². The van der Waals surface area contributed by atoms with Gasteiger partial charge in [0, 0.05) is 33.8 Å². The van der Waals surface area contributed by atoms with Crippen molar-refractivity contribution in [3.63, 3.8) is 0 Å². The minimum absolute atomic E-state index is 0.00157. The lowest BCUT2D eigenvalue weighted by Gasteiger charge is -2.10. The Balaban J connectivity index is 1.88. The van der Waals surface area contributed by atoms with Gasteiger partial charge in [0.15, 0.2) is 0 Å². The van der Waals surface area contributed by atoms with Crippen molar-refractivity contribution >= 4 is 39.8 Å². The maximum Gasteiger partial charge on any atom is 0.270 e. The molecule has 1 aromatic heterocycles. The van der Waals surface area contributed by atoms with Gasteiger partial charge in [-0.25, -0.2) is 9.97 Å². The molecule has 0 aliphatic carbocycles. The van der Waals surface area contributed by atoms with Crippen LogP contribution < -0.4 is 5.32 Å². The molecule has 0 amide bonds. The van der Waals surface area contributed by atoms with Gasteiger partial charge in [0.25, 0.3) is 5.69 Å². The Morgan fingerprint density at radius 2 is 1.67 bits per heavy atom. The summed E-state index contributed by atoms with van der Waals surface area (Å²) in [6.07, 6.45) is 0. The fourth-order valence-corrected chi connectivity index (χ4v) is 2.89. The number of benzene rings is 3. The van der Waals surface area contributed by atoms with Crippen LogP contribution in [0.3, 0.4) is 0 Å². The van der Waals surface area contributed by atoms with E-state index in [1.165, 1.54) is 12.1 Å². The highest BCUT2D eigenvalue weighted by atomic mass is 35.5. The molecule has 1 N–H and O–H groups in total. The third-order valence-electron chi connectivity index (χ3n) is 4.04. The summed E-state index contributed by atoms with van der Waals surface area (Å²) in [6.45, 7) is 0. The first-order valence-corrected chi connectivity index (χ1v) is 8.52. The van der Waals surface area contributed by atoms with Crippen LogP contribution in [0, 0.1) is 10.1 Å². The monoisotopic (exact) mass is 376 g/mol. The Labute approximate surface area is 159 Å². The maximum atomic E-state index is 11.2. The molecule has 0 spiro atoms. The van der Waals surface area contributed by atoms with Crippen LogP contribution in [0.1, 0.15) is 0 Å². The SMILES string of the molecule is O=[N+]([O-])c1ccc2nc(Nc3ccc(Cl)cc3)nc(-c3ccccc3)c2c1. The fraction of sp³-hybridized carbons (Fsp3) is 0. The van der Waals surface area contributed by atoms with E-state index in [4.69, 9.17) is 11.6 Å². The van der Waals surface area contributed by atoms with Gasteiger partial charge in [-0.2, -0.15) is 0 Å². The van der Waals surface area contributed by atoms with Gasteiger partial charge in [-0.05, 0) is 30.3 Å². The average molecular weight is 377 g/mol. The van der Waals surface area contributed by atoms with Crippen molar-refractivity contribution in [3.05, 3.63) is 87.9 Å². The second-order valence-electron chi connectivity index (χ2n) is 5.85. The lowest BCUT2D eigenvalue weighted by atomic mass is 10.1. The summed E-state index contributed by atoms with van der Waals surface area (Å²) in [7, 11) is 0. The number of anilines is 2. The standard InChI is InChI=1S/C20H13ClN4O2/c21-14-6-8-15(9-7-14)22-20-23-18-11-10-16(25(26)27)12-17(18)19(24-20)13-4-2-1-3-5-13/h1-12H,(H,22,23,24). The summed E-state index contributed by atoms with van der Waals surface area (Å²) < 4.78 is 0. The van der Waals surface area contributed by atoms with E-state index in [9.17, 15) is 10.1 Å². The number of nitro benzene ring substituents is 1. The first-order valence-electron chi connectivity index (χ1n) is 8.14. The number of fused-ring (bicyclic) bond motifs is 1. The van der Waals surface area contributed by atoms with Crippen molar-refractivity contribution in [3.8, 4) is 11.3 Å². The molecule has 0 saturated carbocycles. The van der Waals surface area contributed by atoms with E-state index in [0.717, 1.165) is 11.3 Å². The van der Waals surface area contributed by atoms with Crippen molar-refractivity contribution < 1.29 is 4.92 Å². The van der Waals surface area contributed by atoms with Crippen molar-refractivity contribution in [1.82, 2.24) is 9.97 Å². The number of nitrogens with one attached hydrogen (secondary N) is 1. The summed E-state index contributed by atoms with van der Waals surface area (Å²) in [5.74, 6) is 0.400. The summed E-state index contributed by atoms with van der Waals surface area (Å²) in [5, 5.41) is 15.6. The molecule has 0 radical (unpaired) electrons. The number of nitro groups is 1. The quantitative estimate of drug-likeness (QED) is 0.370. The first-order chi connectivity index (χ1) is 13.1. The molecular weight excluding hydrogens is 364 g/mol. The molecule has 0 bridgehead atoms. The number of non-ortho nitro benzene ring substituents is 1. The Morgan fingerprint density at radius 1 is 0.926 bits per heavy atom. The number of nitrogens with zero attached hydrogens (tertiary/aromatic N) is 3. The van der Waals surface area contributed by atoms with E-state index >= 15 is 0 Å². The largest absolute Gasteiger partial charge is 0.324 e. The number of hydrogen-bond acceptors (Lipinski definition) is 5. The smallest absolute Gasteiger partial charge is 0.270 e. The lowest BCUT2D eigenvalue weighted by Crippen LogP contribution is -2.00. The van der Waals surface area contributed by atoms with E-state index in [1.54, 1.807) is 18.2 Å². The van der Waals surface area contributed by atoms with Crippen LogP contribution in [0.4, 0.5) is 17.3 Å². The molecule has 0 unspecified atom stereocenters. The van der Waals surface area contributed by atoms with Gasteiger partial charge < -0.3 is 5.32 Å². The van der Waals surface area contributed by atoms with Crippen LogP contribution in [0.5, 0.6) is 0 Å². The average Bonchev–Trinajstić information content (AvgIpc) is 2.69. The number of rotatable bonds is 4. The molecule has 0 aliphatic heterocycles. The predicted octanol–water partition coefficient (Wildman–Crippen LogP) is 5.60. The van der Waals surface area contributed by atoms with Crippen molar-refractivity contribution in [2.24, 2.45) is 0 Å². The summed E-state index contributed by atoms with van der Waals surface area (Å²) in [5.41, 5.74) is 2.89. The molecule has 7 heteroatoms. The third-order valence-corrected chi connectivity index (χ3v) is 4.29. The third kappa shape index (κ3) is 3.56. The van der Waals surface area contributed by atoms with E-state index in [-0.39, 0.29) is 5.69 Å². The van der Waals surface area contributed by atoms with E-state index in [1.807, 2.05) is 42.5 Å². The van der Waals surface area contributed by atoms with Crippen molar-refractivity contribution in [2.45, 2.75) is 0 Å². The maximum absolute atomic E-state index is 11.2. The summed E-state index contributed by atoms with van der Waals surface area (Å²) >= 11 is 5.92. The van der Waals surface area contributed by atoms with Crippen LogP contribution in [0.15, 0.2) is 72.8 Å². The molecule has 4 aromatic rings. The molecule has 1 heterocycles. The molecule has 0 aliphatic rings. The van der Waals surface area contributed by atoms with E-state index in [0.29, 0.717) is 27.6 Å². The molecule has 0 fully saturated rings.